The lowest BCUT2D eigenvalue weighted by atomic mass is 10.1. The summed E-state index contributed by atoms with van der Waals surface area (Å²) in [5, 5.41) is 0. The molecule has 1 aromatic carbocycles. The molecule has 0 fully saturated rings. The van der Waals surface area contributed by atoms with Crippen LogP contribution in [0.1, 0.15) is 5.69 Å². The maximum absolute atomic E-state index is 5.59. The summed E-state index contributed by atoms with van der Waals surface area (Å²) in [6, 6.07) is 5.49. The lowest BCUT2D eigenvalue weighted by Crippen LogP contribution is -1.98. The number of ether oxygens (including phenoxy) is 2. The van der Waals surface area contributed by atoms with Crippen LogP contribution in [-0.2, 0) is 6.54 Å². The number of rotatable bonds is 4. The van der Waals surface area contributed by atoms with Crippen molar-refractivity contribution in [2.24, 2.45) is 5.73 Å². The highest BCUT2D eigenvalue weighted by molar-refractivity contribution is 5.64. The molecule has 2 aromatic rings. The largest absolute Gasteiger partial charge is 0.497 e. The zero-order valence-electron chi connectivity index (χ0n) is 9.77. The summed E-state index contributed by atoms with van der Waals surface area (Å²) in [6.45, 7) is 0.325. The van der Waals surface area contributed by atoms with Crippen molar-refractivity contribution in [1.82, 2.24) is 4.98 Å². The minimum absolute atomic E-state index is 0.325. The summed E-state index contributed by atoms with van der Waals surface area (Å²) in [7, 11) is 3.20. The summed E-state index contributed by atoms with van der Waals surface area (Å²) in [6.07, 6.45) is 1.38. The monoisotopic (exact) mass is 234 g/mol. The summed E-state index contributed by atoms with van der Waals surface area (Å²) < 4.78 is 15.7. The number of methoxy groups -OCH3 is 2. The number of nitrogens with two attached hydrogens (primary N) is 1. The Balaban J connectivity index is 2.51. The predicted octanol–water partition coefficient (Wildman–Crippen LogP) is 1.82. The maximum Gasteiger partial charge on any atom is 0.181 e. The Bertz CT molecular complexity index is 486. The maximum atomic E-state index is 5.59. The van der Waals surface area contributed by atoms with E-state index in [0.717, 1.165) is 5.56 Å². The first kappa shape index (κ1) is 11.5. The highest BCUT2D eigenvalue weighted by Gasteiger charge is 2.12. The van der Waals surface area contributed by atoms with E-state index in [0.29, 0.717) is 29.5 Å². The van der Waals surface area contributed by atoms with E-state index in [9.17, 15) is 0 Å². The van der Waals surface area contributed by atoms with Crippen molar-refractivity contribution in [2.45, 2.75) is 6.54 Å². The van der Waals surface area contributed by atoms with Crippen LogP contribution in [0, 0.1) is 0 Å². The van der Waals surface area contributed by atoms with Crippen molar-refractivity contribution in [2.75, 3.05) is 14.2 Å². The van der Waals surface area contributed by atoms with Crippen molar-refractivity contribution in [3.05, 3.63) is 30.3 Å². The van der Waals surface area contributed by atoms with Gasteiger partial charge < -0.3 is 19.6 Å². The average Bonchev–Trinajstić information content (AvgIpc) is 2.86. The number of nitrogens with zero attached hydrogens (tertiary/aromatic N) is 1. The molecule has 0 bridgehead atoms. The van der Waals surface area contributed by atoms with Crippen LogP contribution >= 0.6 is 0 Å². The van der Waals surface area contributed by atoms with Gasteiger partial charge in [0.1, 0.15) is 17.2 Å². The molecule has 0 amide bonds. The van der Waals surface area contributed by atoms with E-state index in [1.54, 1.807) is 20.3 Å². The molecule has 0 unspecified atom stereocenters. The number of oxazole rings is 1. The highest BCUT2D eigenvalue weighted by Crippen LogP contribution is 2.31. The molecule has 0 radical (unpaired) electrons. The molecule has 17 heavy (non-hydrogen) atoms. The number of hydrogen-bond donors (Lipinski definition) is 1. The first-order valence-corrected chi connectivity index (χ1v) is 5.14. The Labute approximate surface area is 99.2 Å². The summed E-state index contributed by atoms with van der Waals surface area (Å²) in [4.78, 5) is 4.05. The number of benzene rings is 1. The van der Waals surface area contributed by atoms with Gasteiger partial charge in [-0.2, -0.15) is 0 Å². The molecule has 5 heteroatoms. The molecule has 0 spiro atoms. The van der Waals surface area contributed by atoms with Crippen LogP contribution in [-0.4, -0.2) is 19.2 Å². The van der Waals surface area contributed by atoms with Crippen molar-refractivity contribution in [1.29, 1.82) is 0 Å². The fourth-order valence-electron chi connectivity index (χ4n) is 1.59. The lowest BCUT2D eigenvalue weighted by molar-refractivity contribution is 0.394. The SMILES string of the molecule is COc1cc(OC)cc(-c2ocnc2CN)c1. The molecule has 0 atom stereocenters. The summed E-state index contributed by atoms with van der Waals surface area (Å²) in [5.74, 6) is 2.03. The van der Waals surface area contributed by atoms with E-state index in [1.165, 1.54) is 6.39 Å². The summed E-state index contributed by atoms with van der Waals surface area (Å²) >= 11 is 0. The van der Waals surface area contributed by atoms with E-state index in [2.05, 4.69) is 4.98 Å². The minimum atomic E-state index is 0.325. The first-order valence-electron chi connectivity index (χ1n) is 5.14. The van der Waals surface area contributed by atoms with Gasteiger partial charge >= 0.3 is 0 Å². The molecule has 0 saturated carbocycles. The van der Waals surface area contributed by atoms with Gasteiger partial charge in [-0.25, -0.2) is 4.98 Å². The molecule has 0 saturated heterocycles. The predicted molar refractivity (Wildman–Crippen MR) is 62.9 cm³/mol. The molecular weight excluding hydrogens is 220 g/mol. The number of aromatic nitrogens is 1. The van der Waals surface area contributed by atoms with E-state index >= 15 is 0 Å². The average molecular weight is 234 g/mol. The smallest absolute Gasteiger partial charge is 0.181 e. The third kappa shape index (κ3) is 2.24. The molecule has 2 N–H and O–H groups in total. The second kappa shape index (κ2) is 4.88. The second-order valence-electron chi connectivity index (χ2n) is 3.43. The van der Waals surface area contributed by atoms with Crippen molar-refractivity contribution in [3.8, 4) is 22.8 Å². The molecule has 1 aromatic heterocycles. The molecule has 5 nitrogen and oxygen atoms in total. The Hall–Kier alpha value is -2.01. The van der Waals surface area contributed by atoms with Crippen molar-refractivity contribution in [3.63, 3.8) is 0 Å². The lowest BCUT2D eigenvalue weighted by Gasteiger charge is -2.07. The molecule has 90 valence electrons. The Morgan fingerprint density at radius 1 is 1.18 bits per heavy atom. The van der Waals surface area contributed by atoms with Gasteiger partial charge in [-0.05, 0) is 12.1 Å². The molecule has 1 heterocycles. The van der Waals surface area contributed by atoms with E-state index in [1.807, 2.05) is 12.1 Å². The topological polar surface area (TPSA) is 70.5 Å². The van der Waals surface area contributed by atoms with Crippen LogP contribution in [0.2, 0.25) is 0 Å². The van der Waals surface area contributed by atoms with Crippen LogP contribution in [0.4, 0.5) is 0 Å². The quantitative estimate of drug-likeness (QED) is 0.873. The van der Waals surface area contributed by atoms with E-state index < -0.39 is 0 Å². The number of hydrogen-bond acceptors (Lipinski definition) is 5. The molecule has 0 aliphatic rings. The fourth-order valence-corrected chi connectivity index (χ4v) is 1.59. The Morgan fingerprint density at radius 3 is 2.35 bits per heavy atom. The van der Waals surface area contributed by atoms with Gasteiger partial charge in [0.25, 0.3) is 0 Å². The molecule has 0 aliphatic heterocycles. The molecule has 0 aliphatic carbocycles. The van der Waals surface area contributed by atoms with Crippen LogP contribution < -0.4 is 15.2 Å². The van der Waals surface area contributed by atoms with E-state index in [4.69, 9.17) is 19.6 Å². The fraction of sp³-hybridized carbons (Fsp3) is 0.250. The van der Waals surface area contributed by atoms with Crippen LogP contribution in [0.5, 0.6) is 11.5 Å². The molecular formula is C12H14N2O3. The van der Waals surface area contributed by atoms with E-state index in [-0.39, 0.29) is 0 Å². The van der Waals surface area contributed by atoms with Gasteiger partial charge in [0.05, 0.1) is 14.2 Å². The molecule has 2 rings (SSSR count). The second-order valence-corrected chi connectivity index (χ2v) is 3.43. The Kier molecular flexibility index (Phi) is 3.30. The van der Waals surface area contributed by atoms with Gasteiger partial charge in [0.15, 0.2) is 12.2 Å². The third-order valence-electron chi connectivity index (χ3n) is 2.45. The van der Waals surface area contributed by atoms with Gasteiger partial charge in [-0.1, -0.05) is 0 Å². The van der Waals surface area contributed by atoms with Crippen LogP contribution in [0.15, 0.2) is 29.0 Å². The van der Waals surface area contributed by atoms with Gasteiger partial charge in [-0.3, -0.25) is 0 Å². The Morgan fingerprint density at radius 2 is 1.82 bits per heavy atom. The van der Waals surface area contributed by atoms with Gasteiger partial charge in [0.2, 0.25) is 0 Å². The standard InChI is InChI=1S/C12H14N2O3/c1-15-9-3-8(4-10(5-9)16-2)12-11(6-13)14-7-17-12/h3-5,7H,6,13H2,1-2H3. The minimum Gasteiger partial charge on any atom is -0.497 e. The zero-order valence-corrected chi connectivity index (χ0v) is 9.77. The van der Waals surface area contributed by atoms with Crippen molar-refractivity contribution < 1.29 is 13.9 Å². The van der Waals surface area contributed by atoms with Gasteiger partial charge in [-0.15, -0.1) is 0 Å². The highest BCUT2D eigenvalue weighted by atomic mass is 16.5. The first-order chi connectivity index (χ1) is 8.28. The third-order valence-corrected chi connectivity index (χ3v) is 2.45. The summed E-state index contributed by atoms with van der Waals surface area (Å²) in [5.41, 5.74) is 7.13. The van der Waals surface area contributed by atoms with Gasteiger partial charge in [0, 0.05) is 18.2 Å². The van der Waals surface area contributed by atoms with Crippen molar-refractivity contribution >= 4 is 0 Å². The normalized spacial score (nSPS) is 10.3. The van der Waals surface area contributed by atoms with Crippen LogP contribution in [0.3, 0.4) is 0 Å². The van der Waals surface area contributed by atoms with Crippen LogP contribution in [0.25, 0.3) is 11.3 Å². The zero-order chi connectivity index (χ0) is 12.3.